The van der Waals surface area contributed by atoms with E-state index < -0.39 is 0 Å². The lowest BCUT2D eigenvalue weighted by molar-refractivity contribution is -0.137. The van der Waals surface area contributed by atoms with E-state index >= 15 is 0 Å². The molecular formula is C27H31ClN4O2. The third kappa shape index (κ3) is 4.44. The summed E-state index contributed by atoms with van der Waals surface area (Å²) in [5.74, 6) is 0.127. The molecule has 0 aliphatic carbocycles. The molecule has 3 aromatic rings. The van der Waals surface area contributed by atoms with Gasteiger partial charge in [-0.2, -0.15) is 0 Å². The number of H-pyrrole nitrogens is 1. The summed E-state index contributed by atoms with van der Waals surface area (Å²) in [4.78, 5) is 36.4. The van der Waals surface area contributed by atoms with E-state index in [9.17, 15) is 9.59 Å². The molecule has 2 aliphatic heterocycles. The highest BCUT2D eigenvalue weighted by atomic mass is 35.5. The van der Waals surface area contributed by atoms with E-state index in [4.69, 9.17) is 11.6 Å². The van der Waals surface area contributed by atoms with Crippen LogP contribution >= 0.6 is 11.6 Å². The molecule has 0 radical (unpaired) electrons. The number of aromatic amines is 1. The van der Waals surface area contributed by atoms with Gasteiger partial charge in [0.2, 0.25) is 5.91 Å². The van der Waals surface area contributed by atoms with Gasteiger partial charge in [0, 0.05) is 60.8 Å². The van der Waals surface area contributed by atoms with Crippen LogP contribution in [0.15, 0.2) is 53.3 Å². The molecule has 7 heteroatoms. The van der Waals surface area contributed by atoms with Gasteiger partial charge in [-0.05, 0) is 43.1 Å². The van der Waals surface area contributed by atoms with Crippen LogP contribution in [0.4, 0.5) is 5.69 Å². The fourth-order valence-corrected chi connectivity index (χ4v) is 5.55. The zero-order chi connectivity index (χ0) is 23.7. The van der Waals surface area contributed by atoms with Crippen LogP contribution in [0.1, 0.15) is 19.8 Å². The molecule has 2 fully saturated rings. The molecule has 0 saturated carbocycles. The Morgan fingerprint density at radius 3 is 2.56 bits per heavy atom. The van der Waals surface area contributed by atoms with Gasteiger partial charge in [-0.15, -0.1) is 0 Å². The van der Waals surface area contributed by atoms with Crippen LogP contribution in [0.25, 0.3) is 22.0 Å². The smallest absolute Gasteiger partial charge is 0.272 e. The van der Waals surface area contributed by atoms with Gasteiger partial charge >= 0.3 is 0 Å². The molecule has 3 heterocycles. The summed E-state index contributed by atoms with van der Waals surface area (Å²) in [6, 6.07) is 15.6. The first-order chi connectivity index (χ1) is 16.5. The number of hydrogen-bond donors (Lipinski definition) is 1. The molecule has 6 nitrogen and oxygen atoms in total. The maximum absolute atomic E-state index is 13.4. The second-order valence-electron chi connectivity index (χ2n) is 9.28. The van der Waals surface area contributed by atoms with Crippen LogP contribution in [0.3, 0.4) is 0 Å². The van der Waals surface area contributed by atoms with E-state index in [1.54, 1.807) is 6.07 Å². The fourth-order valence-electron chi connectivity index (χ4n) is 5.38. The zero-order valence-corrected chi connectivity index (χ0v) is 20.4. The lowest BCUT2D eigenvalue weighted by atomic mass is 9.93. The van der Waals surface area contributed by atoms with E-state index in [1.807, 2.05) is 47.4 Å². The molecular weight excluding hydrogens is 448 g/mol. The van der Waals surface area contributed by atoms with E-state index in [0.717, 1.165) is 74.1 Å². The van der Waals surface area contributed by atoms with Crippen LogP contribution in [0.5, 0.6) is 0 Å². The molecule has 178 valence electrons. The number of anilines is 1. The van der Waals surface area contributed by atoms with Crippen molar-refractivity contribution in [3.05, 3.63) is 63.9 Å². The van der Waals surface area contributed by atoms with Crippen molar-refractivity contribution >= 4 is 34.1 Å². The Kier molecular flexibility index (Phi) is 6.61. The van der Waals surface area contributed by atoms with Gasteiger partial charge < -0.3 is 19.7 Å². The Morgan fingerprint density at radius 1 is 1.06 bits per heavy atom. The molecule has 1 atom stereocenters. The predicted octanol–water partition coefficient (Wildman–Crippen LogP) is 4.23. The minimum atomic E-state index is -0.127. The number of benzene rings is 2. The molecule has 0 spiro atoms. The van der Waals surface area contributed by atoms with Crippen molar-refractivity contribution in [1.29, 1.82) is 0 Å². The Bertz CT molecular complexity index is 1230. The van der Waals surface area contributed by atoms with Gasteiger partial charge in [0.05, 0.1) is 5.92 Å². The van der Waals surface area contributed by atoms with E-state index in [-0.39, 0.29) is 17.4 Å². The molecule has 1 N–H and O–H groups in total. The number of carbonyl (C=O) groups excluding carboxylic acids is 1. The van der Waals surface area contributed by atoms with Crippen LogP contribution in [0, 0.1) is 5.92 Å². The number of hydrogen-bond acceptors (Lipinski definition) is 4. The van der Waals surface area contributed by atoms with Crippen LogP contribution < -0.4 is 10.5 Å². The standard InChI is InChI=1S/C27H31ClN4O2/c1-2-30-13-15-31(16-14-30)27(34)20-9-6-12-32(18-20)25-24(19-7-4-3-5-8-19)22-17-21(28)10-11-23(22)29-26(25)33/h3-5,7-8,10-11,17,20H,2,6,9,12-16,18H2,1H3,(H,29,33)/t20-/m0/s1. The summed E-state index contributed by atoms with van der Waals surface area (Å²) in [6.45, 7) is 7.93. The van der Waals surface area contributed by atoms with Crippen LogP contribution in [-0.2, 0) is 4.79 Å². The molecule has 1 aromatic heterocycles. The number of likely N-dealkylation sites (N-methyl/N-ethyl adjacent to an activating group) is 1. The van der Waals surface area contributed by atoms with Crippen molar-refractivity contribution in [2.75, 3.05) is 50.7 Å². The van der Waals surface area contributed by atoms with E-state index in [0.29, 0.717) is 17.3 Å². The zero-order valence-electron chi connectivity index (χ0n) is 19.6. The third-order valence-corrected chi connectivity index (χ3v) is 7.47. The first kappa shape index (κ1) is 22.9. The lowest BCUT2D eigenvalue weighted by Gasteiger charge is -2.39. The predicted molar refractivity (Wildman–Crippen MR) is 139 cm³/mol. The van der Waals surface area contributed by atoms with Crippen LogP contribution in [-0.4, -0.2) is 66.5 Å². The number of nitrogens with zero attached hydrogens (tertiary/aromatic N) is 3. The number of rotatable bonds is 4. The molecule has 2 saturated heterocycles. The molecule has 34 heavy (non-hydrogen) atoms. The maximum Gasteiger partial charge on any atom is 0.272 e. The Labute approximate surface area is 205 Å². The van der Waals surface area contributed by atoms with Gasteiger partial charge in [0.15, 0.2) is 0 Å². The fraction of sp³-hybridized carbons (Fsp3) is 0.407. The molecule has 5 rings (SSSR count). The second kappa shape index (κ2) is 9.80. The average molecular weight is 479 g/mol. The summed E-state index contributed by atoms with van der Waals surface area (Å²) >= 11 is 6.37. The van der Waals surface area contributed by atoms with Crippen molar-refractivity contribution < 1.29 is 4.79 Å². The quantitative estimate of drug-likeness (QED) is 0.609. The summed E-state index contributed by atoms with van der Waals surface area (Å²) in [7, 11) is 0. The lowest BCUT2D eigenvalue weighted by Crippen LogP contribution is -2.52. The largest absolute Gasteiger partial charge is 0.366 e. The van der Waals surface area contributed by atoms with Gasteiger partial charge in [-0.25, -0.2) is 0 Å². The van der Waals surface area contributed by atoms with Crippen molar-refractivity contribution in [1.82, 2.24) is 14.8 Å². The number of pyridine rings is 1. The Morgan fingerprint density at radius 2 is 1.82 bits per heavy atom. The molecule has 2 aliphatic rings. The third-order valence-electron chi connectivity index (χ3n) is 7.23. The summed E-state index contributed by atoms with van der Waals surface area (Å²) in [5, 5.41) is 1.54. The number of fused-ring (bicyclic) bond motifs is 1. The Balaban J connectivity index is 1.51. The highest BCUT2D eigenvalue weighted by Crippen LogP contribution is 2.37. The van der Waals surface area contributed by atoms with Gasteiger partial charge in [-0.3, -0.25) is 9.59 Å². The monoisotopic (exact) mass is 478 g/mol. The molecule has 0 bridgehead atoms. The van der Waals surface area contributed by atoms with Crippen LogP contribution in [0.2, 0.25) is 5.02 Å². The molecule has 1 amide bonds. The van der Waals surface area contributed by atoms with Gasteiger partial charge in [0.1, 0.15) is 5.69 Å². The highest BCUT2D eigenvalue weighted by Gasteiger charge is 2.33. The van der Waals surface area contributed by atoms with Crippen molar-refractivity contribution in [3.8, 4) is 11.1 Å². The topological polar surface area (TPSA) is 59.6 Å². The van der Waals surface area contributed by atoms with Gasteiger partial charge in [-0.1, -0.05) is 48.9 Å². The number of amides is 1. The minimum absolute atomic E-state index is 0.0972. The first-order valence-electron chi connectivity index (χ1n) is 12.2. The maximum atomic E-state index is 13.4. The van der Waals surface area contributed by atoms with Crippen molar-refractivity contribution in [3.63, 3.8) is 0 Å². The number of aromatic nitrogens is 1. The van der Waals surface area contributed by atoms with Gasteiger partial charge in [0.25, 0.3) is 5.56 Å². The Hall–Kier alpha value is -2.83. The number of nitrogens with one attached hydrogen (secondary N) is 1. The van der Waals surface area contributed by atoms with E-state index in [2.05, 4.69) is 21.7 Å². The number of piperazine rings is 1. The average Bonchev–Trinajstić information content (AvgIpc) is 2.88. The minimum Gasteiger partial charge on any atom is -0.366 e. The first-order valence-corrected chi connectivity index (χ1v) is 12.6. The highest BCUT2D eigenvalue weighted by molar-refractivity contribution is 6.31. The molecule has 2 aromatic carbocycles. The number of halogens is 1. The molecule has 0 unspecified atom stereocenters. The summed E-state index contributed by atoms with van der Waals surface area (Å²) in [5.41, 5.74) is 3.12. The van der Waals surface area contributed by atoms with E-state index in [1.165, 1.54) is 0 Å². The summed E-state index contributed by atoms with van der Waals surface area (Å²) < 4.78 is 0. The number of piperidine rings is 1. The normalized spacial score (nSPS) is 19.5. The second-order valence-corrected chi connectivity index (χ2v) is 9.71. The van der Waals surface area contributed by atoms with Crippen molar-refractivity contribution in [2.45, 2.75) is 19.8 Å². The summed E-state index contributed by atoms with van der Waals surface area (Å²) in [6.07, 6.45) is 1.74. The van der Waals surface area contributed by atoms with Crippen molar-refractivity contribution in [2.24, 2.45) is 5.92 Å². The SMILES string of the molecule is CCN1CCN(C(=O)[C@H]2CCCN(c3c(-c4ccccc4)c4cc(Cl)ccc4[nH]c3=O)C2)CC1. The number of carbonyl (C=O) groups is 1.